The van der Waals surface area contributed by atoms with E-state index >= 15 is 0 Å². The Morgan fingerprint density at radius 1 is 0.917 bits per heavy atom. The Hall–Kier alpha value is -0.880. The normalized spacial score (nSPS) is 7.83. The molecule has 66 valence electrons. The average Bonchev–Trinajstić information content (AvgIpc) is 2.10. The van der Waals surface area contributed by atoms with E-state index in [1.165, 1.54) is 32.1 Å². The average molecular weight is 162 g/mol. The summed E-state index contributed by atoms with van der Waals surface area (Å²) in [6, 6.07) is 0. The van der Waals surface area contributed by atoms with E-state index in [-0.39, 0.29) is 0 Å². The smallest absolute Gasteiger partial charge is 0.00989 e. The molecule has 0 saturated carbocycles. The number of hydrogen-bond acceptors (Lipinski definition) is 0. The third kappa shape index (κ3) is 9.12. The quantitative estimate of drug-likeness (QED) is 0.429. The van der Waals surface area contributed by atoms with Gasteiger partial charge in [-0.15, -0.1) is 0 Å². The molecule has 0 fully saturated rings. The zero-order chi connectivity index (χ0) is 9.07. The van der Waals surface area contributed by atoms with Crippen molar-refractivity contribution in [3.63, 3.8) is 0 Å². The fourth-order valence-corrected chi connectivity index (χ4v) is 0.986. The molecule has 0 rings (SSSR count). The molecule has 0 radical (unpaired) electrons. The Bertz CT molecular complexity index is 192. The van der Waals surface area contributed by atoms with E-state index in [1.54, 1.807) is 0 Å². The van der Waals surface area contributed by atoms with Crippen molar-refractivity contribution in [2.24, 2.45) is 0 Å². The van der Waals surface area contributed by atoms with E-state index in [0.717, 1.165) is 6.42 Å². The van der Waals surface area contributed by atoms with Crippen molar-refractivity contribution in [2.75, 3.05) is 0 Å². The second-order valence-electron chi connectivity index (χ2n) is 2.84. The Morgan fingerprint density at radius 2 is 1.67 bits per heavy atom. The minimum atomic E-state index is 1.01. The van der Waals surface area contributed by atoms with Gasteiger partial charge in [0, 0.05) is 6.42 Å². The van der Waals surface area contributed by atoms with Gasteiger partial charge in [0.1, 0.15) is 0 Å². The van der Waals surface area contributed by atoms with Gasteiger partial charge < -0.3 is 0 Å². The van der Waals surface area contributed by atoms with Crippen LogP contribution in [0.2, 0.25) is 0 Å². The van der Waals surface area contributed by atoms with Gasteiger partial charge in [-0.05, 0) is 25.2 Å². The summed E-state index contributed by atoms with van der Waals surface area (Å²) in [6.45, 7) is 4.05. The lowest BCUT2D eigenvalue weighted by molar-refractivity contribution is 0.641. The molecule has 0 bridgehead atoms. The van der Waals surface area contributed by atoms with Crippen LogP contribution < -0.4 is 0 Å². The predicted molar refractivity (Wildman–Crippen MR) is 54.6 cm³/mol. The molecule has 0 aliphatic carbocycles. The minimum absolute atomic E-state index is 1.01. The Morgan fingerprint density at radius 3 is 2.33 bits per heavy atom. The first kappa shape index (κ1) is 11.1. The standard InChI is InChI=1S/C12H18/c1-3-5-7-9-11-12-10-8-6-4-2/h3,5,7,9,11-12H2,1-2H3. The molecule has 0 aliphatic rings. The highest BCUT2D eigenvalue weighted by Crippen LogP contribution is 2.03. The van der Waals surface area contributed by atoms with Gasteiger partial charge in [-0.1, -0.05) is 44.4 Å². The second-order valence-corrected chi connectivity index (χ2v) is 2.84. The fraction of sp³-hybridized carbons (Fsp3) is 0.667. The van der Waals surface area contributed by atoms with E-state index in [9.17, 15) is 0 Å². The SMILES string of the molecule is CC#CC#CCCCCCCC. The van der Waals surface area contributed by atoms with Crippen LogP contribution in [-0.2, 0) is 0 Å². The number of hydrogen-bond donors (Lipinski definition) is 0. The first-order valence-electron chi connectivity index (χ1n) is 4.81. The lowest BCUT2D eigenvalue weighted by atomic mass is 10.1. The molecule has 12 heavy (non-hydrogen) atoms. The van der Waals surface area contributed by atoms with Crippen molar-refractivity contribution >= 4 is 0 Å². The summed E-state index contributed by atoms with van der Waals surface area (Å²) in [6.07, 6.45) is 7.60. The lowest BCUT2D eigenvalue weighted by Gasteiger charge is -1.93. The summed E-state index contributed by atoms with van der Waals surface area (Å²) in [5, 5.41) is 0. The van der Waals surface area contributed by atoms with Gasteiger partial charge in [0.05, 0.1) is 0 Å². The zero-order valence-electron chi connectivity index (χ0n) is 8.24. The molecule has 0 aromatic heterocycles. The van der Waals surface area contributed by atoms with Crippen molar-refractivity contribution in [1.29, 1.82) is 0 Å². The summed E-state index contributed by atoms with van der Waals surface area (Å²) in [7, 11) is 0. The third-order valence-electron chi connectivity index (χ3n) is 1.68. The molecule has 0 unspecified atom stereocenters. The highest BCUT2D eigenvalue weighted by atomic mass is 13.9. The minimum Gasteiger partial charge on any atom is -0.0925 e. The number of rotatable bonds is 5. The summed E-state index contributed by atoms with van der Waals surface area (Å²) < 4.78 is 0. The molecule has 0 saturated heterocycles. The van der Waals surface area contributed by atoms with Gasteiger partial charge >= 0.3 is 0 Å². The van der Waals surface area contributed by atoms with Gasteiger partial charge in [-0.2, -0.15) is 0 Å². The van der Waals surface area contributed by atoms with Crippen LogP contribution in [0.25, 0.3) is 0 Å². The molecule has 0 atom stereocenters. The highest BCUT2D eigenvalue weighted by molar-refractivity contribution is 5.24. The van der Waals surface area contributed by atoms with Crippen LogP contribution in [0.4, 0.5) is 0 Å². The zero-order valence-corrected chi connectivity index (χ0v) is 8.24. The van der Waals surface area contributed by atoms with Crippen molar-refractivity contribution in [3.05, 3.63) is 0 Å². The van der Waals surface area contributed by atoms with Crippen molar-refractivity contribution in [1.82, 2.24) is 0 Å². The molecule has 0 aromatic rings. The van der Waals surface area contributed by atoms with Gasteiger partial charge in [-0.3, -0.25) is 0 Å². The summed E-state index contributed by atoms with van der Waals surface area (Å²) in [5.41, 5.74) is 0. The van der Waals surface area contributed by atoms with Crippen LogP contribution >= 0.6 is 0 Å². The molecule has 0 heterocycles. The molecule has 0 amide bonds. The van der Waals surface area contributed by atoms with Crippen LogP contribution in [0.1, 0.15) is 52.4 Å². The van der Waals surface area contributed by atoms with E-state index in [2.05, 4.69) is 30.6 Å². The molecule has 0 aromatic carbocycles. The van der Waals surface area contributed by atoms with Crippen LogP contribution in [-0.4, -0.2) is 0 Å². The molecule has 0 nitrogen and oxygen atoms in total. The maximum Gasteiger partial charge on any atom is 0.00989 e. The molecule has 0 N–H and O–H groups in total. The fourth-order valence-electron chi connectivity index (χ4n) is 0.986. The van der Waals surface area contributed by atoms with E-state index in [4.69, 9.17) is 0 Å². The number of unbranched alkanes of at least 4 members (excludes halogenated alkanes) is 5. The van der Waals surface area contributed by atoms with Gasteiger partial charge in [0.15, 0.2) is 0 Å². The van der Waals surface area contributed by atoms with Crippen LogP contribution in [0.5, 0.6) is 0 Å². The van der Waals surface area contributed by atoms with E-state index < -0.39 is 0 Å². The lowest BCUT2D eigenvalue weighted by Crippen LogP contribution is -1.75. The Balaban J connectivity index is 3.10. The summed E-state index contributed by atoms with van der Waals surface area (Å²) in [4.78, 5) is 0. The third-order valence-corrected chi connectivity index (χ3v) is 1.68. The molecular formula is C12H18. The molecule has 0 aliphatic heterocycles. The first-order valence-corrected chi connectivity index (χ1v) is 4.81. The maximum atomic E-state index is 3.04. The van der Waals surface area contributed by atoms with Gasteiger partial charge in [0.2, 0.25) is 0 Å². The predicted octanol–water partition coefficient (Wildman–Crippen LogP) is 3.37. The van der Waals surface area contributed by atoms with Crippen LogP contribution in [0.3, 0.4) is 0 Å². The first-order chi connectivity index (χ1) is 5.91. The van der Waals surface area contributed by atoms with Crippen molar-refractivity contribution in [2.45, 2.75) is 52.4 Å². The van der Waals surface area contributed by atoms with Crippen LogP contribution in [0.15, 0.2) is 0 Å². The van der Waals surface area contributed by atoms with Gasteiger partial charge in [-0.25, -0.2) is 0 Å². The van der Waals surface area contributed by atoms with Crippen molar-refractivity contribution in [3.8, 4) is 23.7 Å². The molecular weight excluding hydrogens is 144 g/mol. The molecule has 0 heteroatoms. The monoisotopic (exact) mass is 162 g/mol. The summed E-state index contributed by atoms with van der Waals surface area (Å²) in [5.74, 6) is 11.3. The van der Waals surface area contributed by atoms with Gasteiger partial charge in [0.25, 0.3) is 0 Å². The topological polar surface area (TPSA) is 0 Å². The second kappa shape index (κ2) is 10.1. The Kier molecular flexibility index (Phi) is 9.38. The largest absolute Gasteiger partial charge is 0.0925 e. The molecule has 0 spiro atoms. The highest BCUT2D eigenvalue weighted by Gasteiger charge is 1.85. The van der Waals surface area contributed by atoms with E-state index in [0.29, 0.717) is 0 Å². The Labute approximate surface area is 76.8 Å². The van der Waals surface area contributed by atoms with Crippen LogP contribution in [0, 0.1) is 23.7 Å². The van der Waals surface area contributed by atoms with Crippen molar-refractivity contribution < 1.29 is 0 Å². The van der Waals surface area contributed by atoms with E-state index in [1.807, 2.05) is 6.92 Å². The summed E-state index contributed by atoms with van der Waals surface area (Å²) >= 11 is 0. The maximum absolute atomic E-state index is 3.04.